The molecule has 2 aromatic rings. The first-order valence-corrected chi connectivity index (χ1v) is 8.35. The summed E-state index contributed by atoms with van der Waals surface area (Å²) in [5.74, 6) is 1.01. The summed E-state index contributed by atoms with van der Waals surface area (Å²) in [7, 11) is 0. The minimum atomic E-state index is -0.0238. The van der Waals surface area contributed by atoms with Crippen LogP contribution in [0.1, 0.15) is 11.8 Å². The molecule has 0 saturated heterocycles. The smallest absolute Gasteiger partial charge is 0.221 e. The molecule has 106 valence electrons. The second kappa shape index (κ2) is 8.09. The molecule has 0 unspecified atom stereocenters. The Labute approximate surface area is 127 Å². The molecule has 1 amide bonds. The Morgan fingerprint density at radius 3 is 2.80 bits per heavy atom. The quantitative estimate of drug-likeness (QED) is 0.607. The number of carbonyl (C=O) groups is 1. The van der Waals surface area contributed by atoms with Gasteiger partial charge in [0.15, 0.2) is 0 Å². The monoisotopic (exact) mass is 306 g/mol. The third-order valence-electron chi connectivity index (χ3n) is 2.63. The zero-order chi connectivity index (χ0) is 14.2. The number of nitrogens with one attached hydrogen (secondary N) is 2. The minimum absolute atomic E-state index is 0.0238. The van der Waals surface area contributed by atoms with E-state index in [-0.39, 0.29) is 5.91 Å². The normalized spacial score (nSPS) is 10.4. The lowest BCUT2D eigenvalue weighted by Crippen LogP contribution is -2.17. The molecule has 3 nitrogen and oxygen atoms in total. The van der Waals surface area contributed by atoms with Crippen LogP contribution in [0.25, 0.3) is 0 Å². The van der Waals surface area contributed by atoms with E-state index in [4.69, 9.17) is 0 Å². The zero-order valence-corrected chi connectivity index (χ0v) is 13.0. The van der Waals surface area contributed by atoms with Crippen LogP contribution >= 0.6 is 23.1 Å². The lowest BCUT2D eigenvalue weighted by atomic mass is 10.3. The Hall–Kier alpha value is -1.30. The van der Waals surface area contributed by atoms with Crippen molar-refractivity contribution in [2.75, 3.05) is 17.6 Å². The van der Waals surface area contributed by atoms with Crippen molar-refractivity contribution in [2.24, 2.45) is 0 Å². The second-order valence-corrected chi connectivity index (χ2v) is 6.45. The molecule has 0 fully saturated rings. The lowest BCUT2D eigenvalue weighted by molar-refractivity contribution is -0.114. The first-order chi connectivity index (χ1) is 9.75. The molecule has 5 heteroatoms. The highest BCUT2D eigenvalue weighted by Gasteiger charge is 2.04. The molecular weight excluding hydrogens is 288 g/mol. The first kappa shape index (κ1) is 15.1. The molecular formula is C15H18N2OS2. The summed E-state index contributed by atoms with van der Waals surface area (Å²) >= 11 is 3.51. The van der Waals surface area contributed by atoms with Crippen molar-refractivity contribution in [2.45, 2.75) is 18.4 Å². The Balaban J connectivity index is 1.68. The topological polar surface area (TPSA) is 41.1 Å². The Morgan fingerprint density at radius 1 is 1.25 bits per heavy atom. The van der Waals surface area contributed by atoms with E-state index in [2.05, 4.69) is 34.9 Å². The zero-order valence-electron chi connectivity index (χ0n) is 11.4. The van der Waals surface area contributed by atoms with E-state index in [0.717, 1.165) is 24.5 Å². The molecule has 0 atom stereocenters. The van der Waals surface area contributed by atoms with Crippen LogP contribution in [-0.2, 0) is 11.3 Å². The van der Waals surface area contributed by atoms with Gasteiger partial charge in [0.05, 0.1) is 5.69 Å². The first-order valence-electron chi connectivity index (χ1n) is 6.48. The van der Waals surface area contributed by atoms with E-state index in [0.29, 0.717) is 0 Å². The summed E-state index contributed by atoms with van der Waals surface area (Å²) < 4.78 is 0. The lowest BCUT2D eigenvalue weighted by Gasteiger charge is -2.06. The van der Waals surface area contributed by atoms with Crippen molar-refractivity contribution in [1.82, 2.24) is 5.32 Å². The number of rotatable bonds is 7. The molecule has 2 N–H and O–H groups in total. The maximum absolute atomic E-state index is 11.1. The van der Waals surface area contributed by atoms with Gasteiger partial charge in [0.2, 0.25) is 5.91 Å². The fraction of sp³-hybridized carbons (Fsp3) is 0.267. The molecule has 0 bridgehead atoms. The van der Waals surface area contributed by atoms with Crippen LogP contribution in [0.5, 0.6) is 0 Å². The summed E-state index contributed by atoms with van der Waals surface area (Å²) in [6.45, 7) is 3.27. The largest absolute Gasteiger partial charge is 0.325 e. The number of thioether (sulfide) groups is 1. The second-order valence-electron chi connectivity index (χ2n) is 4.28. The highest BCUT2D eigenvalue weighted by Crippen LogP contribution is 2.22. The van der Waals surface area contributed by atoms with Gasteiger partial charge >= 0.3 is 0 Å². The third-order valence-corrected chi connectivity index (χ3v) is 4.57. The summed E-state index contributed by atoms with van der Waals surface area (Å²) in [5, 5.41) is 8.26. The predicted octanol–water partition coefficient (Wildman–Crippen LogP) is 3.59. The summed E-state index contributed by atoms with van der Waals surface area (Å²) in [6, 6.07) is 12.3. The van der Waals surface area contributed by atoms with Crippen LogP contribution in [0.15, 0.2) is 46.7 Å². The molecule has 0 radical (unpaired) electrons. The summed E-state index contributed by atoms with van der Waals surface area (Å²) in [4.78, 5) is 13.5. The predicted molar refractivity (Wildman–Crippen MR) is 87.5 cm³/mol. The number of carbonyl (C=O) groups excluding carboxylic acids is 1. The summed E-state index contributed by atoms with van der Waals surface area (Å²) in [5.41, 5.74) is 0.922. The maximum Gasteiger partial charge on any atom is 0.221 e. The average Bonchev–Trinajstić information content (AvgIpc) is 2.86. The van der Waals surface area contributed by atoms with Gasteiger partial charge in [-0.1, -0.05) is 18.2 Å². The van der Waals surface area contributed by atoms with Crippen LogP contribution in [0, 0.1) is 0 Å². The molecule has 1 heterocycles. The van der Waals surface area contributed by atoms with Gasteiger partial charge in [-0.2, -0.15) is 0 Å². The van der Waals surface area contributed by atoms with Gasteiger partial charge in [0.25, 0.3) is 0 Å². The van der Waals surface area contributed by atoms with Crippen LogP contribution in [0.3, 0.4) is 0 Å². The number of hydrogen-bond acceptors (Lipinski definition) is 4. The molecule has 0 spiro atoms. The van der Waals surface area contributed by atoms with Crippen molar-refractivity contribution in [3.8, 4) is 0 Å². The van der Waals surface area contributed by atoms with Crippen molar-refractivity contribution >= 4 is 34.7 Å². The van der Waals surface area contributed by atoms with E-state index < -0.39 is 0 Å². The van der Waals surface area contributed by atoms with Crippen LogP contribution in [-0.4, -0.2) is 18.2 Å². The van der Waals surface area contributed by atoms with Gasteiger partial charge < -0.3 is 10.6 Å². The number of anilines is 1. The van der Waals surface area contributed by atoms with Crippen molar-refractivity contribution < 1.29 is 4.79 Å². The molecule has 0 saturated carbocycles. The van der Waals surface area contributed by atoms with Crippen LogP contribution in [0.4, 0.5) is 5.69 Å². The Morgan fingerprint density at radius 2 is 2.05 bits per heavy atom. The molecule has 1 aromatic heterocycles. The molecule has 0 aliphatic heterocycles. The van der Waals surface area contributed by atoms with Gasteiger partial charge in [-0.3, -0.25) is 4.79 Å². The van der Waals surface area contributed by atoms with Gasteiger partial charge in [0.1, 0.15) is 0 Å². The number of benzene rings is 1. The van der Waals surface area contributed by atoms with E-state index in [9.17, 15) is 4.79 Å². The molecule has 0 aliphatic rings. The Kier molecular flexibility index (Phi) is 6.11. The maximum atomic E-state index is 11.1. The van der Waals surface area contributed by atoms with E-state index in [1.165, 1.54) is 16.7 Å². The van der Waals surface area contributed by atoms with E-state index in [1.54, 1.807) is 11.3 Å². The van der Waals surface area contributed by atoms with Gasteiger partial charge in [-0.25, -0.2) is 0 Å². The fourth-order valence-electron chi connectivity index (χ4n) is 1.74. The number of hydrogen-bond donors (Lipinski definition) is 2. The van der Waals surface area contributed by atoms with Crippen LogP contribution in [0.2, 0.25) is 0 Å². The van der Waals surface area contributed by atoms with Crippen molar-refractivity contribution in [1.29, 1.82) is 0 Å². The number of amides is 1. The molecule has 0 aliphatic carbocycles. The third kappa shape index (κ3) is 5.00. The van der Waals surface area contributed by atoms with Crippen molar-refractivity contribution in [3.05, 3.63) is 46.7 Å². The molecule has 20 heavy (non-hydrogen) atoms. The minimum Gasteiger partial charge on any atom is -0.325 e. The van der Waals surface area contributed by atoms with Crippen molar-refractivity contribution in [3.63, 3.8) is 0 Å². The van der Waals surface area contributed by atoms with Crippen LogP contribution < -0.4 is 10.6 Å². The summed E-state index contributed by atoms with van der Waals surface area (Å²) in [6.07, 6.45) is 0. The van der Waals surface area contributed by atoms with E-state index in [1.807, 2.05) is 29.3 Å². The average molecular weight is 306 g/mol. The standard InChI is InChI=1S/C15H18N2OS2/c1-12(18)17-14-7-9-20-15(14)11-16-8-10-19-13-5-3-2-4-6-13/h2-7,9,16H,8,10-11H2,1H3,(H,17,18). The fourth-order valence-corrected chi connectivity index (χ4v) is 3.37. The van der Waals surface area contributed by atoms with Gasteiger partial charge in [-0.15, -0.1) is 23.1 Å². The van der Waals surface area contributed by atoms with Gasteiger partial charge in [0, 0.05) is 35.5 Å². The molecule has 1 aromatic carbocycles. The number of thiophene rings is 1. The highest BCUT2D eigenvalue weighted by molar-refractivity contribution is 7.99. The van der Waals surface area contributed by atoms with E-state index >= 15 is 0 Å². The SMILES string of the molecule is CC(=O)Nc1ccsc1CNCCSc1ccccc1. The van der Waals surface area contributed by atoms with Gasteiger partial charge in [-0.05, 0) is 23.6 Å². The molecule has 2 rings (SSSR count). The Bertz CT molecular complexity index is 540. The highest BCUT2D eigenvalue weighted by atomic mass is 32.2.